The van der Waals surface area contributed by atoms with Crippen molar-refractivity contribution in [3.63, 3.8) is 0 Å². The van der Waals surface area contributed by atoms with Gasteiger partial charge in [0.2, 0.25) is 15.7 Å². The van der Waals surface area contributed by atoms with E-state index in [9.17, 15) is 13.2 Å². The van der Waals surface area contributed by atoms with Gasteiger partial charge in [0.1, 0.15) is 5.76 Å². The number of hydrogen-bond donors (Lipinski definition) is 0. The molecule has 0 spiro atoms. The maximum absolute atomic E-state index is 12.9. The van der Waals surface area contributed by atoms with Crippen LogP contribution in [-0.2, 0) is 27.6 Å². The van der Waals surface area contributed by atoms with Crippen LogP contribution in [0.3, 0.4) is 0 Å². The first kappa shape index (κ1) is 17.1. The van der Waals surface area contributed by atoms with Crippen LogP contribution in [0.5, 0.6) is 0 Å². The third kappa shape index (κ3) is 2.70. The Balaban J connectivity index is 1.89. The molecule has 7 heteroatoms. The molecule has 5 nitrogen and oxygen atoms in total. The van der Waals surface area contributed by atoms with Crippen molar-refractivity contribution in [2.24, 2.45) is 0 Å². The average Bonchev–Trinajstić information content (AvgIpc) is 3.01. The second kappa shape index (κ2) is 6.14. The van der Waals surface area contributed by atoms with Crippen LogP contribution >= 0.6 is 11.6 Å². The number of benzene rings is 2. The van der Waals surface area contributed by atoms with Crippen LogP contribution in [-0.4, -0.2) is 25.8 Å². The fourth-order valence-corrected chi connectivity index (χ4v) is 4.93. The summed E-state index contributed by atoms with van der Waals surface area (Å²) in [4.78, 5) is 13.8. The summed E-state index contributed by atoms with van der Waals surface area (Å²) in [5.74, 6) is 0.734. The van der Waals surface area contributed by atoms with Crippen molar-refractivity contribution in [3.8, 4) is 0 Å². The number of halogens is 1. The number of sulfone groups is 1. The molecule has 0 bridgehead atoms. The molecule has 4 rings (SSSR count). The minimum atomic E-state index is -3.69. The number of furan rings is 1. The zero-order chi connectivity index (χ0) is 18.5. The number of carbonyl (C=O) groups excluding carboxylic acids is 1. The summed E-state index contributed by atoms with van der Waals surface area (Å²) in [6.45, 7) is 2.49. The Morgan fingerprint density at radius 1 is 1.15 bits per heavy atom. The third-order valence-corrected chi connectivity index (χ3v) is 6.70. The van der Waals surface area contributed by atoms with Crippen molar-refractivity contribution in [1.82, 2.24) is 4.90 Å². The fourth-order valence-electron chi connectivity index (χ4n) is 3.27. The normalized spacial score (nSPS) is 14.5. The SMILES string of the molecule is CC(=O)N1CCc2oc3c(Cl)cc(S(=O)(=O)c4ccccc4)cc3c2C1. The standard InChI is InChI=1S/C19H16ClNO4S/c1-12(22)21-8-7-18-16(11-21)15-9-14(10-17(20)19(15)25-18)26(23,24)13-5-3-2-4-6-13/h2-6,9-10H,7-8,11H2,1H3. The molecule has 26 heavy (non-hydrogen) atoms. The van der Waals surface area contributed by atoms with Crippen molar-refractivity contribution in [3.05, 3.63) is 58.8 Å². The van der Waals surface area contributed by atoms with Gasteiger partial charge in [-0.3, -0.25) is 4.79 Å². The molecule has 1 aromatic heterocycles. The van der Waals surface area contributed by atoms with Gasteiger partial charge < -0.3 is 9.32 Å². The summed E-state index contributed by atoms with van der Waals surface area (Å²) in [6.07, 6.45) is 0.584. The molecule has 1 aliphatic heterocycles. The first-order valence-corrected chi connectivity index (χ1v) is 10.0. The monoisotopic (exact) mass is 389 g/mol. The van der Waals surface area contributed by atoms with Crippen molar-refractivity contribution in [2.45, 2.75) is 29.7 Å². The lowest BCUT2D eigenvalue weighted by molar-refractivity contribution is -0.129. The molecule has 0 N–H and O–H groups in total. The van der Waals surface area contributed by atoms with Crippen LogP contribution in [0.4, 0.5) is 0 Å². The number of amides is 1. The summed E-state index contributed by atoms with van der Waals surface area (Å²) in [6, 6.07) is 11.2. The van der Waals surface area contributed by atoms with E-state index in [1.54, 1.807) is 41.3 Å². The molecule has 0 saturated carbocycles. The highest BCUT2D eigenvalue weighted by molar-refractivity contribution is 7.91. The Morgan fingerprint density at radius 2 is 1.88 bits per heavy atom. The van der Waals surface area contributed by atoms with E-state index in [2.05, 4.69) is 0 Å². The lowest BCUT2D eigenvalue weighted by atomic mass is 10.0. The number of carbonyl (C=O) groups is 1. The van der Waals surface area contributed by atoms with Gasteiger partial charge in [0, 0.05) is 37.4 Å². The van der Waals surface area contributed by atoms with Gasteiger partial charge >= 0.3 is 0 Å². The van der Waals surface area contributed by atoms with Gasteiger partial charge in [-0.2, -0.15) is 0 Å². The van der Waals surface area contributed by atoms with Crippen LogP contribution in [0.15, 0.2) is 56.7 Å². The highest BCUT2D eigenvalue weighted by Crippen LogP contribution is 2.37. The van der Waals surface area contributed by atoms with Crippen LogP contribution < -0.4 is 0 Å². The Hall–Kier alpha value is -2.31. The van der Waals surface area contributed by atoms with E-state index in [-0.39, 0.29) is 20.7 Å². The zero-order valence-electron chi connectivity index (χ0n) is 14.0. The Morgan fingerprint density at radius 3 is 2.58 bits per heavy atom. The molecule has 0 atom stereocenters. The molecule has 2 heterocycles. The molecule has 134 valence electrons. The minimum Gasteiger partial charge on any atom is -0.459 e. The molecule has 0 aliphatic carbocycles. The molecule has 0 fully saturated rings. The lowest BCUT2D eigenvalue weighted by Crippen LogP contribution is -2.33. The van der Waals surface area contributed by atoms with Crippen molar-refractivity contribution in [2.75, 3.05) is 6.54 Å². The van der Waals surface area contributed by atoms with E-state index in [4.69, 9.17) is 16.0 Å². The smallest absolute Gasteiger partial charge is 0.219 e. The minimum absolute atomic E-state index is 0.0239. The molecular weight excluding hydrogens is 374 g/mol. The second-order valence-corrected chi connectivity index (χ2v) is 8.65. The van der Waals surface area contributed by atoms with Crippen molar-refractivity contribution >= 4 is 38.3 Å². The molecule has 0 unspecified atom stereocenters. The van der Waals surface area contributed by atoms with Gasteiger partial charge in [-0.05, 0) is 24.3 Å². The van der Waals surface area contributed by atoms with E-state index in [0.717, 1.165) is 11.3 Å². The highest BCUT2D eigenvalue weighted by Gasteiger charge is 2.27. The number of nitrogens with zero attached hydrogens (tertiary/aromatic N) is 1. The number of fused-ring (bicyclic) bond motifs is 3. The Kier molecular flexibility index (Phi) is 4.04. The fraction of sp³-hybridized carbons (Fsp3) is 0.211. The predicted molar refractivity (Wildman–Crippen MR) is 97.9 cm³/mol. The number of hydrogen-bond acceptors (Lipinski definition) is 4. The Labute approximate surface area is 156 Å². The maximum Gasteiger partial charge on any atom is 0.219 e. The summed E-state index contributed by atoms with van der Waals surface area (Å²) in [5.41, 5.74) is 1.29. The maximum atomic E-state index is 12.9. The summed E-state index contributed by atoms with van der Waals surface area (Å²) < 4.78 is 31.7. The van der Waals surface area contributed by atoms with Gasteiger partial charge in [-0.25, -0.2) is 8.42 Å². The van der Waals surface area contributed by atoms with Crippen LogP contribution in [0.25, 0.3) is 11.0 Å². The average molecular weight is 390 g/mol. The van der Waals surface area contributed by atoms with E-state index in [0.29, 0.717) is 30.5 Å². The molecular formula is C19H16ClNO4S. The molecule has 0 radical (unpaired) electrons. The molecule has 3 aromatic rings. The first-order chi connectivity index (χ1) is 12.4. The summed E-state index contributed by atoms with van der Waals surface area (Å²) in [5, 5.41) is 0.897. The van der Waals surface area contributed by atoms with E-state index in [1.165, 1.54) is 13.0 Å². The van der Waals surface area contributed by atoms with E-state index >= 15 is 0 Å². The second-order valence-electron chi connectivity index (χ2n) is 6.29. The van der Waals surface area contributed by atoms with Gasteiger partial charge in [0.15, 0.2) is 5.58 Å². The van der Waals surface area contributed by atoms with E-state index in [1.807, 2.05) is 0 Å². The summed E-state index contributed by atoms with van der Waals surface area (Å²) >= 11 is 6.34. The van der Waals surface area contributed by atoms with Crippen molar-refractivity contribution < 1.29 is 17.6 Å². The van der Waals surface area contributed by atoms with Crippen LogP contribution in [0.2, 0.25) is 5.02 Å². The summed E-state index contributed by atoms with van der Waals surface area (Å²) in [7, 11) is -3.69. The largest absolute Gasteiger partial charge is 0.459 e. The van der Waals surface area contributed by atoms with Gasteiger partial charge in [-0.15, -0.1) is 0 Å². The van der Waals surface area contributed by atoms with Gasteiger partial charge in [0.05, 0.1) is 14.8 Å². The molecule has 1 amide bonds. The van der Waals surface area contributed by atoms with Crippen LogP contribution in [0, 0.1) is 0 Å². The lowest BCUT2D eigenvalue weighted by Gasteiger charge is -2.25. The van der Waals surface area contributed by atoms with Gasteiger partial charge in [-0.1, -0.05) is 29.8 Å². The Bertz CT molecular complexity index is 1120. The third-order valence-electron chi connectivity index (χ3n) is 4.67. The van der Waals surface area contributed by atoms with Gasteiger partial charge in [0.25, 0.3) is 0 Å². The van der Waals surface area contributed by atoms with Crippen LogP contribution in [0.1, 0.15) is 18.2 Å². The molecule has 1 aliphatic rings. The zero-order valence-corrected chi connectivity index (χ0v) is 15.6. The molecule has 0 saturated heterocycles. The first-order valence-electron chi connectivity index (χ1n) is 8.17. The quantitative estimate of drug-likeness (QED) is 0.668. The number of rotatable bonds is 2. The van der Waals surface area contributed by atoms with Crippen molar-refractivity contribution in [1.29, 1.82) is 0 Å². The topological polar surface area (TPSA) is 67.6 Å². The molecule has 2 aromatic carbocycles. The van der Waals surface area contributed by atoms with E-state index < -0.39 is 9.84 Å². The highest BCUT2D eigenvalue weighted by atomic mass is 35.5. The predicted octanol–water partition coefficient (Wildman–Crippen LogP) is 3.82.